The van der Waals surface area contributed by atoms with E-state index >= 15 is 0 Å². The number of carbonyl (C=O) groups is 2. The molecule has 0 spiro atoms. The summed E-state index contributed by atoms with van der Waals surface area (Å²) in [6, 6.07) is 2.74. The van der Waals surface area contributed by atoms with Crippen molar-refractivity contribution in [2.24, 2.45) is 0 Å². The molecule has 20 heavy (non-hydrogen) atoms. The second-order valence-electron chi connectivity index (χ2n) is 4.22. The Morgan fingerprint density at radius 3 is 2.65 bits per heavy atom. The number of hydrogen-bond acceptors (Lipinski definition) is 4. The van der Waals surface area contributed by atoms with Gasteiger partial charge < -0.3 is 15.7 Å². The van der Waals surface area contributed by atoms with Crippen molar-refractivity contribution < 1.29 is 14.7 Å². The van der Waals surface area contributed by atoms with Crippen molar-refractivity contribution in [3.8, 4) is 0 Å². The average Bonchev–Trinajstić information content (AvgIpc) is 2.88. The molecule has 0 bridgehead atoms. The van der Waals surface area contributed by atoms with E-state index in [0.29, 0.717) is 18.7 Å². The maximum absolute atomic E-state index is 11.7. The zero-order valence-electron chi connectivity index (χ0n) is 11.6. The van der Waals surface area contributed by atoms with Crippen LogP contribution >= 0.6 is 23.1 Å². The number of thiophene rings is 1. The molecule has 0 aliphatic carbocycles. The van der Waals surface area contributed by atoms with Gasteiger partial charge in [0, 0.05) is 9.75 Å². The highest BCUT2D eigenvalue weighted by molar-refractivity contribution is 7.98. The Hall–Kier alpha value is -1.21. The predicted octanol–water partition coefficient (Wildman–Crippen LogP) is 2.32. The summed E-state index contributed by atoms with van der Waals surface area (Å²) in [5.41, 5.74) is 0. The van der Waals surface area contributed by atoms with E-state index in [-0.39, 0.29) is 0 Å². The Morgan fingerprint density at radius 2 is 2.10 bits per heavy atom. The van der Waals surface area contributed by atoms with Crippen LogP contribution in [0.5, 0.6) is 0 Å². The van der Waals surface area contributed by atoms with E-state index in [2.05, 4.69) is 17.6 Å². The molecule has 0 aromatic carbocycles. The van der Waals surface area contributed by atoms with Gasteiger partial charge in [-0.2, -0.15) is 11.8 Å². The molecule has 3 N–H and O–H groups in total. The first-order valence-electron chi connectivity index (χ1n) is 6.40. The third kappa shape index (κ3) is 5.83. The molecular formula is C13H20N2O3S2. The van der Waals surface area contributed by atoms with Crippen LogP contribution in [0.4, 0.5) is 4.79 Å². The lowest BCUT2D eigenvalue weighted by atomic mass is 10.2. The molecule has 1 atom stereocenters. The van der Waals surface area contributed by atoms with E-state index in [9.17, 15) is 9.59 Å². The van der Waals surface area contributed by atoms with Gasteiger partial charge in [-0.1, -0.05) is 6.92 Å². The van der Waals surface area contributed by atoms with Crippen molar-refractivity contribution >= 4 is 35.1 Å². The first-order chi connectivity index (χ1) is 9.56. The SMILES string of the molecule is CCc1ccc(CNC(=O)N[C@@H](CCSC)C(=O)O)s1. The lowest BCUT2D eigenvalue weighted by molar-refractivity contribution is -0.139. The van der Waals surface area contributed by atoms with Crippen LogP contribution in [-0.2, 0) is 17.8 Å². The van der Waals surface area contributed by atoms with Crippen LogP contribution in [0, 0.1) is 0 Å². The molecule has 112 valence electrons. The Morgan fingerprint density at radius 1 is 1.40 bits per heavy atom. The Kier molecular flexibility index (Phi) is 7.46. The Balaban J connectivity index is 2.39. The average molecular weight is 316 g/mol. The van der Waals surface area contributed by atoms with Crippen LogP contribution in [-0.4, -0.2) is 35.2 Å². The molecular weight excluding hydrogens is 296 g/mol. The highest BCUT2D eigenvalue weighted by Crippen LogP contribution is 2.16. The number of carboxylic acids is 1. The number of urea groups is 1. The van der Waals surface area contributed by atoms with Crippen LogP contribution in [0.25, 0.3) is 0 Å². The van der Waals surface area contributed by atoms with E-state index in [4.69, 9.17) is 5.11 Å². The van der Waals surface area contributed by atoms with Gasteiger partial charge in [0.25, 0.3) is 0 Å². The highest BCUT2D eigenvalue weighted by Gasteiger charge is 2.19. The minimum absolute atomic E-state index is 0.420. The zero-order chi connectivity index (χ0) is 15.0. The van der Waals surface area contributed by atoms with Gasteiger partial charge in [0.05, 0.1) is 6.54 Å². The molecule has 7 heteroatoms. The molecule has 1 heterocycles. The fourth-order valence-corrected chi connectivity index (χ4v) is 2.95. The summed E-state index contributed by atoms with van der Waals surface area (Å²) in [5.74, 6) is -0.305. The summed E-state index contributed by atoms with van der Waals surface area (Å²) in [7, 11) is 0. The number of hydrogen-bond donors (Lipinski definition) is 3. The lowest BCUT2D eigenvalue weighted by Gasteiger charge is -2.14. The van der Waals surface area contributed by atoms with Gasteiger partial charge in [0.1, 0.15) is 6.04 Å². The van der Waals surface area contributed by atoms with E-state index in [0.717, 1.165) is 11.3 Å². The molecule has 0 aliphatic rings. The van der Waals surface area contributed by atoms with E-state index in [1.165, 1.54) is 4.88 Å². The minimum atomic E-state index is -1.00. The second kappa shape index (κ2) is 8.86. The van der Waals surface area contributed by atoms with Crippen molar-refractivity contribution in [3.63, 3.8) is 0 Å². The monoisotopic (exact) mass is 316 g/mol. The van der Waals surface area contributed by atoms with Gasteiger partial charge in [-0.25, -0.2) is 9.59 Å². The van der Waals surface area contributed by atoms with Crippen molar-refractivity contribution in [2.75, 3.05) is 12.0 Å². The summed E-state index contributed by atoms with van der Waals surface area (Å²) in [5, 5.41) is 14.2. The number of thioether (sulfide) groups is 1. The summed E-state index contributed by atoms with van der Waals surface area (Å²) < 4.78 is 0. The van der Waals surface area contributed by atoms with Crippen LogP contribution in [0.2, 0.25) is 0 Å². The molecule has 5 nitrogen and oxygen atoms in total. The van der Waals surface area contributed by atoms with Crippen molar-refractivity contribution in [2.45, 2.75) is 32.4 Å². The Bertz CT molecular complexity index is 449. The largest absolute Gasteiger partial charge is 0.480 e. The fraction of sp³-hybridized carbons (Fsp3) is 0.538. The normalized spacial score (nSPS) is 11.9. The van der Waals surface area contributed by atoms with Gasteiger partial charge in [-0.3, -0.25) is 0 Å². The zero-order valence-corrected chi connectivity index (χ0v) is 13.3. The van der Waals surface area contributed by atoms with Crippen LogP contribution in [0.15, 0.2) is 12.1 Å². The molecule has 0 radical (unpaired) electrons. The number of aryl methyl sites for hydroxylation is 1. The predicted molar refractivity (Wildman–Crippen MR) is 83.5 cm³/mol. The molecule has 0 saturated carbocycles. The topological polar surface area (TPSA) is 78.4 Å². The van der Waals surface area contributed by atoms with Gasteiger partial charge >= 0.3 is 12.0 Å². The molecule has 1 rings (SSSR count). The number of nitrogens with one attached hydrogen (secondary N) is 2. The number of carbonyl (C=O) groups excluding carboxylic acids is 1. The Labute approximate surface area is 127 Å². The highest BCUT2D eigenvalue weighted by atomic mass is 32.2. The van der Waals surface area contributed by atoms with Gasteiger partial charge in [-0.05, 0) is 37.0 Å². The van der Waals surface area contributed by atoms with Crippen molar-refractivity contribution in [1.29, 1.82) is 0 Å². The first kappa shape index (κ1) is 16.8. The fourth-order valence-electron chi connectivity index (χ4n) is 1.58. The summed E-state index contributed by atoms with van der Waals surface area (Å²) in [6.45, 7) is 2.50. The lowest BCUT2D eigenvalue weighted by Crippen LogP contribution is -2.46. The maximum atomic E-state index is 11.7. The summed E-state index contributed by atoms with van der Waals surface area (Å²) in [4.78, 5) is 25.0. The van der Waals surface area contributed by atoms with E-state index in [1.54, 1.807) is 23.1 Å². The molecule has 1 aromatic rings. The number of aliphatic carboxylic acids is 1. The standard InChI is InChI=1S/C13H20N2O3S2/c1-3-9-4-5-10(20-9)8-14-13(18)15-11(12(16)17)6-7-19-2/h4-5,11H,3,6-8H2,1-2H3,(H,16,17)(H2,14,15,18)/t11-/m0/s1. The first-order valence-corrected chi connectivity index (χ1v) is 8.61. The van der Waals surface area contributed by atoms with Gasteiger partial charge in [0.15, 0.2) is 0 Å². The van der Waals surface area contributed by atoms with Crippen LogP contribution in [0.1, 0.15) is 23.1 Å². The quantitative estimate of drug-likeness (QED) is 0.688. The molecule has 0 saturated heterocycles. The second-order valence-corrected chi connectivity index (χ2v) is 6.46. The molecule has 2 amide bonds. The van der Waals surface area contributed by atoms with Crippen molar-refractivity contribution in [1.82, 2.24) is 10.6 Å². The third-order valence-electron chi connectivity index (χ3n) is 2.70. The number of rotatable bonds is 8. The molecule has 0 fully saturated rings. The smallest absolute Gasteiger partial charge is 0.326 e. The molecule has 1 aromatic heterocycles. The summed E-state index contributed by atoms with van der Waals surface area (Å²) in [6.07, 6.45) is 3.30. The summed E-state index contributed by atoms with van der Waals surface area (Å²) >= 11 is 3.21. The maximum Gasteiger partial charge on any atom is 0.326 e. The number of carboxylic acid groups (broad SMARTS) is 1. The van der Waals surface area contributed by atoms with Crippen molar-refractivity contribution in [3.05, 3.63) is 21.9 Å². The minimum Gasteiger partial charge on any atom is -0.480 e. The van der Waals surface area contributed by atoms with Crippen LogP contribution in [0.3, 0.4) is 0 Å². The molecule has 0 aliphatic heterocycles. The number of amides is 2. The van der Waals surface area contributed by atoms with E-state index in [1.807, 2.05) is 18.4 Å². The van der Waals surface area contributed by atoms with Gasteiger partial charge in [0.2, 0.25) is 0 Å². The van der Waals surface area contributed by atoms with E-state index < -0.39 is 18.0 Å². The third-order valence-corrected chi connectivity index (χ3v) is 4.58. The van der Waals surface area contributed by atoms with Crippen LogP contribution < -0.4 is 10.6 Å². The molecule has 0 unspecified atom stereocenters. The van der Waals surface area contributed by atoms with Gasteiger partial charge in [-0.15, -0.1) is 11.3 Å².